The van der Waals surface area contributed by atoms with E-state index in [1.165, 1.54) is 6.08 Å². The van der Waals surface area contributed by atoms with Crippen LogP contribution in [-0.2, 0) is 10.3 Å². The van der Waals surface area contributed by atoms with E-state index in [2.05, 4.69) is 0 Å². The first kappa shape index (κ1) is 24.0. The molecule has 1 aromatic heterocycles. The first-order valence-electron chi connectivity index (χ1n) is 12.4. The van der Waals surface area contributed by atoms with Gasteiger partial charge in [-0.25, -0.2) is 0 Å². The highest BCUT2D eigenvalue weighted by Crippen LogP contribution is 2.61. The molecule has 2 heterocycles. The maximum atomic E-state index is 13.3. The third-order valence-electron chi connectivity index (χ3n) is 8.25. The van der Waals surface area contributed by atoms with Crippen LogP contribution < -0.4 is 0 Å². The summed E-state index contributed by atoms with van der Waals surface area (Å²) in [5.41, 5.74) is 3.45. The highest BCUT2D eigenvalue weighted by atomic mass is 19.4. The average molecular weight is 478 g/mol. The van der Waals surface area contributed by atoms with E-state index < -0.39 is 41.4 Å². The summed E-state index contributed by atoms with van der Waals surface area (Å²) in [6, 6.07) is 0. The lowest BCUT2D eigenvalue weighted by molar-refractivity contribution is -0.160. The molecule has 4 nitrogen and oxygen atoms in total. The number of alkyl halides is 3. The van der Waals surface area contributed by atoms with E-state index in [9.17, 15) is 23.4 Å². The molecule has 1 fully saturated rings. The molecule has 5 rings (SSSR count). The van der Waals surface area contributed by atoms with E-state index in [4.69, 9.17) is 9.72 Å². The van der Waals surface area contributed by atoms with Gasteiger partial charge in [0.1, 0.15) is 12.2 Å². The molecule has 1 spiro atoms. The van der Waals surface area contributed by atoms with Crippen molar-refractivity contribution < 1.29 is 28.1 Å². The van der Waals surface area contributed by atoms with Crippen LogP contribution in [0.25, 0.3) is 0 Å². The Morgan fingerprint density at radius 2 is 1.79 bits per heavy atom. The van der Waals surface area contributed by atoms with Gasteiger partial charge in [0, 0.05) is 16.8 Å². The third kappa shape index (κ3) is 3.58. The van der Waals surface area contributed by atoms with E-state index in [1.54, 1.807) is 12.2 Å². The third-order valence-corrected chi connectivity index (χ3v) is 8.25. The number of hydrogen-bond donors (Lipinski definition) is 2. The molecule has 34 heavy (non-hydrogen) atoms. The molecule has 0 radical (unpaired) electrons. The van der Waals surface area contributed by atoms with E-state index in [1.807, 2.05) is 27.7 Å². The lowest BCUT2D eigenvalue weighted by atomic mass is 9.69. The summed E-state index contributed by atoms with van der Waals surface area (Å²) in [6.45, 7) is 7.95. The molecule has 0 saturated heterocycles. The van der Waals surface area contributed by atoms with Crippen LogP contribution in [0.5, 0.6) is 0 Å². The van der Waals surface area contributed by atoms with Gasteiger partial charge >= 0.3 is 6.18 Å². The summed E-state index contributed by atoms with van der Waals surface area (Å²) in [4.78, 5) is 4.94. The minimum absolute atomic E-state index is 0.0205. The largest absolute Gasteiger partial charge is 0.395 e. The van der Waals surface area contributed by atoms with Gasteiger partial charge in [-0.15, -0.1) is 0 Å². The monoisotopic (exact) mass is 477 g/mol. The first-order valence-corrected chi connectivity index (χ1v) is 12.4. The van der Waals surface area contributed by atoms with Crippen molar-refractivity contribution in [3.8, 4) is 0 Å². The normalized spacial score (nSPS) is 31.6. The Balaban J connectivity index is 1.71. The van der Waals surface area contributed by atoms with Crippen LogP contribution in [0.3, 0.4) is 0 Å². The molecule has 0 bridgehead atoms. The standard InChI is InChI=1S/C27H34F3NO3/c1-14(2)21-19-20(18-17(32)13-25(3,4)24(33)22(18)31-21)26(11-5-6-12-26)34-23(19)15-7-9-16(10-8-15)27(28,29)30/h7-9,14,16-17,23-24,32-33H,5-6,10-13H2,1-4H3/t16?,17?,23-,24-/m1/s1. The van der Waals surface area contributed by atoms with Crippen molar-refractivity contribution in [1.29, 1.82) is 0 Å². The van der Waals surface area contributed by atoms with Crippen LogP contribution in [0, 0.1) is 11.3 Å². The number of hydrogen-bond acceptors (Lipinski definition) is 4. The molecule has 7 heteroatoms. The quantitative estimate of drug-likeness (QED) is 0.503. The Kier molecular flexibility index (Phi) is 5.58. The zero-order valence-electron chi connectivity index (χ0n) is 20.2. The number of aliphatic hydroxyl groups is 2. The van der Waals surface area contributed by atoms with E-state index in [0.717, 1.165) is 48.1 Å². The number of nitrogens with zero attached hydrogens (tertiary/aromatic N) is 1. The van der Waals surface area contributed by atoms with Gasteiger partial charge in [-0.2, -0.15) is 13.2 Å². The summed E-state index contributed by atoms with van der Waals surface area (Å²) in [6.07, 6.45) is 1.91. The van der Waals surface area contributed by atoms with Crippen LogP contribution in [-0.4, -0.2) is 21.4 Å². The molecule has 3 aliphatic carbocycles. The zero-order chi connectivity index (χ0) is 24.6. The maximum absolute atomic E-state index is 13.3. The minimum atomic E-state index is -4.27. The molecule has 2 unspecified atom stereocenters. The number of allylic oxidation sites excluding steroid dienone is 2. The number of ether oxygens (including phenoxy) is 1. The highest BCUT2D eigenvalue weighted by Gasteiger charge is 2.54. The predicted molar refractivity (Wildman–Crippen MR) is 122 cm³/mol. The number of pyridine rings is 1. The van der Waals surface area contributed by atoms with Crippen molar-refractivity contribution >= 4 is 0 Å². The predicted octanol–water partition coefficient (Wildman–Crippen LogP) is 6.61. The number of aromatic nitrogens is 1. The van der Waals surface area contributed by atoms with Crippen molar-refractivity contribution in [3.63, 3.8) is 0 Å². The number of fused-ring (bicyclic) bond motifs is 4. The van der Waals surface area contributed by atoms with Crippen LogP contribution >= 0.6 is 0 Å². The Labute approximate surface area is 198 Å². The zero-order valence-corrected chi connectivity index (χ0v) is 20.2. The van der Waals surface area contributed by atoms with Crippen LogP contribution in [0.1, 0.15) is 119 Å². The molecule has 1 aliphatic heterocycles. The second-order valence-corrected chi connectivity index (χ2v) is 11.5. The molecular formula is C27H34F3NO3. The van der Waals surface area contributed by atoms with Gasteiger partial charge in [0.15, 0.2) is 0 Å². The van der Waals surface area contributed by atoms with Gasteiger partial charge in [-0.1, -0.05) is 58.8 Å². The van der Waals surface area contributed by atoms with Crippen LogP contribution in [0.4, 0.5) is 13.2 Å². The summed E-state index contributed by atoms with van der Waals surface area (Å²) >= 11 is 0. The summed E-state index contributed by atoms with van der Waals surface area (Å²) in [7, 11) is 0. The number of aliphatic hydroxyl groups excluding tert-OH is 2. The number of rotatable bonds is 2. The molecule has 4 atom stereocenters. The van der Waals surface area contributed by atoms with Crippen molar-refractivity contribution in [1.82, 2.24) is 4.98 Å². The van der Waals surface area contributed by atoms with Gasteiger partial charge in [-0.05, 0) is 48.2 Å². The Hall–Kier alpha value is -1.70. The fraction of sp³-hybridized carbons (Fsp3) is 0.667. The van der Waals surface area contributed by atoms with E-state index >= 15 is 0 Å². The topological polar surface area (TPSA) is 62.6 Å². The number of halogens is 3. The van der Waals surface area contributed by atoms with Crippen molar-refractivity contribution in [2.75, 3.05) is 0 Å². The first-order chi connectivity index (χ1) is 15.9. The Morgan fingerprint density at radius 1 is 1.12 bits per heavy atom. The second kappa shape index (κ2) is 7.90. The minimum Gasteiger partial charge on any atom is -0.388 e. The van der Waals surface area contributed by atoms with Gasteiger partial charge < -0.3 is 14.9 Å². The Morgan fingerprint density at radius 3 is 2.35 bits per heavy atom. The molecule has 4 aliphatic rings. The smallest absolute Gasteiger partial charge is 0.388 e. The van der Waals surface area contributed by atoms with Gasteiger partial charge in [-0.3, -0.25) is 4.98 Å². The SMILES string of the molecule is CC(C)c1nc2c(c3c1[C@@H](C1=CCC(C(F)(F)F)C=C1)OC31CCCC1)C(O)CC(C)(C)[C@@H]2O. The van der Waals surface area contributed by atoms with Gasteiger partial charge in [0.2, 0.25) is 0 Å². The average Bonchev–Trinajstić information content (AvgIpc) is 3.36. The fourth-order valence-electron chi connectivity index (χ4n) is 6.44. The maximum Gasteiger partial charge on any atom is 0.395 e. The summed E-state index contributed by atoms with van der Waals surface area (Å²) in [5, 5.41) is 22.6. The second-order valence-electron chi connectivity index (χ2n) is 11.5. The van der Waals surface area contributed by atoms with Gasteiger partial charge in [0.05, 0.1) is 23.3 Å². The molecule has 186 valence electrons. The molecule has 0 amide bonds. The van der Waals surface area contributed by atoms with E-state index in [-0.39, 0.29) is 12.3 Å². The molecule has 0 aromatic carbocycles. The van der Waals surface area contributed by atoms with E-state index in [0.29, 0.717) is 17.7 Å². The lowest BCUT2D eigenvalue weighted by Crippen LogP contribution is -2.35. The molecule has 1 saturated carbocycles. The van der Waals surface area contributed by atoms with Crippen molar-refractivity contribution in [3.05, 3.63) is 51.9 Å². The molecule has 1 aromatic rings. The summed E-state index contributed by atoms with van der Waals surface area (Å²) in [5.74, 6) is -1.46. The molecule has 2 N–H and O–H groups in total. The van der Waals surface area contributed by atoms with Crippen LogP contribution in [0.15, 0.2) is 23.8 Å². The van der Waals surface area contributed by atoms with Crippen molar-refractivity contribution in [2.24, 2.45) is 11.3 Å². The fourth-order valence-corrected chi connectivity index (χ4v) is 6.44. The van der Waals surface area contributed by atoms with Crippen molar-refractivity contribution in [2.45, 2.75) is 102 Å². The Bertz CT molecular complexity index is 1050. The van der Waals surface area contributed by atoms with Gasteiger partial charge in [0.25, 0.3) is 0 Å². The van der Waals surface area contributed by atoms with Crippen LogP contribution in [0.2, 0.25) is 0 Å². The highest BCUT2D eigenvalue weighted by molar-refractivity contribution is 5.55. The molecular weight excluding hydrogens is 443 g/mol. The lowest BCUT2D eigenvalue weighted by Gasteiger charge is -2.41. The summed E-state index contributed by atoms with van der Waals surface area (Å²) < 4.78 is 46.6.